The van der Waals surface area contributed by atoms with Crippen LogP contribution in [-0.4, -0.2) is 6.26 Å². The highest BCUT2D eigenvalue weighted by Gasteiger charge is 1.86. The maximum atomic E-state index is 3.74. The van der Waals surface area contributed by atoms with Gasteiger partial charge < -0.3 is 4.72 Å². The standard InChI is InChI=1S/C7H10INS/c1-4-7(9-10-3)5-6(2)8/h4-5,9H,1-2H2,3H3/b7-5+. The van der Waals surface area contributed by atoms with Crippen molar-refractivity contribution < 1.29 is 0 Å². The molecule has 0 aliphatic heterocycles. The van der Waals surface area contributed by atoms with Gasteiger partial charge in [-0.3, -0.25) is 0 Å². The molecule has 0 saturated heterocycles. The lowest BCUT2D eigenvalue weighted by Crippen LogP contribution is -1.98. The fourth-order valence-corrected chi connectivity index (χ4v) is 1.13. The Bertz CT molecular complexity index is 163. The molecule has 0 aromatic rings. The van der Waals surface area contributed by atoms with Gasteiger partial charge in [0.2, 0.25) is 0 Å². The van der Waals surface area contributed by atoms with Gasteiger partial charge in [-0.25, -0.2) is 0 Å². The van der Waals surface area contributed by atoms with Crippen LogP contribution < -0.4 is 4.72 Å². The molecule has 1 N–H and O–H groups in total. The third-order valence-electron chi connectivity index (χ3n) is 0.752. The van der Waals surface area contributed by atoms with E-state index in [2.05, 4.69) is 40.5 Å². The van der Waals surface area contributed by atoms with Crippen LogP contribution in [0.2, 0.25) is 0 Å². The molecule has 0 bridgehead atoms. The quantitative estimate of drug-likeness (QED) is 0.477. The van der Waals surface area contributed by atoms with E-state index in [9.17, 15) is 0 Å². The molecule has 0 atom stereocenters. The van der Waals surface area contributed by atoms with E-state index in [0.717, 1.165) is 9.28 Å². The third-order valence-corrected chi connectivity index (χ3v) is 1.50. The van der Waals surface area contributed by atoms with Gasteiger partial charge in [0, 0.05) is 15.5 Å². The van der Waals surface area contributed by atoms with Crippen molar-refractivity contribution in [3.05, 3.63) is 34.6 Å². The second-order valence-electron chi connectivity index (χ2n) is 1.56. The lowest BCUT2D eigenvalue weighted by Gasteiger charge is -2.00. The zero-order valence-corrected chi connectivity index (χ0v) is 8.83. The number of nitrogens with one attached hydrogen (secondary N) is 1. The van der Waals surface area contributed by atoms with Crippen molar-refractivity contribution in [2.75, 3.05) is 6.26 Å². The van der Waals surface area contributed by atoms with Gasteiger partial charge in [-0.2, -0.15) is 0 Å². The summed E-state index contributed by atoms with van der Waals surface area (Å²) in [6.07, 6.45) is 5.66. The molecule has 0 spiro atoms. The van der Waals surface area contributed by atoms with Crippen LogP contribution in [0, 0.1) is 0 Å². The van der Waals surface area contributed by atoms with Crippen LogP contribution in [0.1, 0.15) is 0 Å². The largest absolute Gasteiger partial charge is 0.330 e. The minimum Gasteiger partial charge on any atom is -0.330 e. The molecule has 0 aliphatic rings. The van der Waals surface area contributed by atoms with E-state index in [1.165, 1.54) is 0 Å². The van der Waals surface area contributed by atoms with Gasteiger partial charge >= 0.3 is 0 Å². The first-order chi connectivity index (χ1) is 4.70. The predicted molar refractivity (Wildman–Crippen MR) is 58.1 cm³/mol. The number of rotatable bonds is 4. The monoisotopic (exact) mass is 267 g/mol. The molecular weight excluding hydrogens is 257 g/mol. The van der Waals surface area contributed by atoms with Crippen LogP contribution in [0.3, 0.4) is 0 Å². The topological polar surface area (TPSA) is 12.0 Å². The second kappa shape index (κ2) is 5.85. The van der Waals surface area contributed by atoms with Crippen molar-refractivity contribution in [1.82, 2.24) is 4.72 Å². The highest BCUT2D eigenvalue weighted by atomic mass is 127. The maximum Gasteiger partial charge on any atom is 0.0444 e. The average molecular weight is 267 g/mol. The molecule has 3 heteroatoms. The Kier molecular flexibility index (Phi) is 5.91. The molecule has 0 amide bonds. The number of halogens is 1. The number of hydrogen-bond donors (Lipinski definition) is 1. The van der Waals surface area contributed by atoms with Gasteiger partial charge in [0.25, 0.3) is 0 Å². The Morgan fingerprint density at radius 3 is 2.60 bits per heavy atom. The Hall–Kier alpha value is 0.1000. The minimum absolute atomic E-state index is 0.993. The van der Waals surface area contributed by atoms with Crippen molar-refractivity contribution in [2.24, 2.45) is 0 Å². The molecule has 1 nitrogen and oxygen atoms in total. The van der Waals surface area contributed by atoms with E-state index in [4.69, 9.17) is 0 Å². The van der Waals surface area contributed by atoms with Crippen molar-refractivity contribution in [2.45, 2.75) is 0 Å². The van der Waals surface area contributed by atoms with E-state index in [1.807, 2.05) is 12.3 Å². The van der Waals surface area contributed by atoms with Gasteiger partial charge in [-0.15, -0.1) is 0 Å². The molecule has 10 heavy (non-hydrogen) atoms. The zero-order chi connectivity index (χ0) is 7.98. The lowest BCUT2D eigenvalue weighted by molar-refractivity contribution is 1.29. The molecule has 0 aromatic carbocycles. The number of hydrogen-bond acceptors (Lipinski definition) is 2. The highest BCUT2D eigenvalue weighted by molar-refractivity contribution is 14.1. The highest BCUT2D eigenvalue weighted by Crippen LogP contribution is 2.07. The molecule has 0 aromatic heterocycles. The van der Waals surface area contributed by atoms with E-state index < -0.39 is 0 Å². The molecular formula is C7H10INS. The summed E-state index contributed by atoms with van der Waals surface area (Å²) >= 11 is 3.70. The maximum absolute atomic E-state index is 3.74. The molecule has 0 rings (SSSR count). The van der Waals surface area contributed by atoms with Gasteiger partial charge in [-0.05, 0) is 34.7 Å². The van der Waals surface area contributed by atoms with Crippen LogP contribution in [0.5, 0.6) is 0 Å². The minimum atomic E-state index is 0.993. The predicted octanol–water partition coefficient (Wildman–Crippen LogP) is 2.87. The van der Waals surface area contributed by atoms with Gasteiger partial charge in [0.1, 0.15) is 0 Å². The summed E-state index contributed by atoms with van der Waals surface area (Å²) in [6.45, 7) is 7.38. The molecule has 0 unspecified atom stereocenters. The Labute approximate surface area is 79.9 Å². The smallest absolute Gasteiger partial charge is 0.0444 e. The molecule has 0 saturated carbocycles. The molecule has 0 radical (unpaired) electrons. The van der Waals surface area contributed by atoms with Crippen LogP contribution >= 0.6 is 34.5 Å². The normalized spacial score (nSPS) is 10.8. The van der Waals surface area contributed by atoms with Crippen molar-refractivity contribution in [3.8, 4) is 0 Å². The first-order valence-electron chi connectivity index (χ1n) is 2.68. The third kappa shape index (κ3) is 4.93. The first kappa shape index (κ1) is 10.1. The molecule has 0 heterocycles. The van der Waals surface area contributed by atoms with E-state index in [0.29, 0.717) is 0 Å². The van der Waals surface area contributed by atoms with Gasteiger partial charge in [-0.1, -0.05) is 25.1 Å². The fraction of sp³-hybridized carbons (Fsp3) is 0.143. The van der Waals surface area contributed by atoms with Gasteiger partial charge in [0.05, 0.1) is 0 Å². The van der Waals surface area contributed by atoms with Crippen molar-refractivity contribution >= 4 is 34.5 Å². The SMILES string of the molecule is C=C/C(=C\C(=C)I)NSC. The van der Waals surface area contributed by atoms with Crippen molar-refractivity contribution in [3.63, 3.8) is 0 Å². The van der Waals surface area contributed by atoms with Gasteiger partial charge in [0.15, 0.2) is 0 Å². The van der Waals surface area contributed by atoms with Crippen molar-refractivity contribution in [1.29, 1.82) is 0 Å². The number of allylic oxidation sites excluding steroid dienone is 3. The summed E-state index contributed by atoms with van der Waals surface area (Å²) in [7, 11) is 0. The second-order valence-corrected chi connectivity index (χ2v) is 3.55. The van der Waals surface area contributed by atoms with E-state index in [-0.39, 0.29) is 0 Å². The zero-order valence-electron chi connectivity index (χ0n) is 5.86. The van der Waals surface area contributed by atoms with Crippen LogP contribution in [0.25, 0.3) is 0 Å². The Morgan fingerprint density at radius 2 is 2.30 bits per heavy atom. The summed E-state index contributed by atoms with van der Waals surface area (Å²) in [5.41, 5.74) is 0.993. The fourth-order valence-electron chi connectivity index (χ4n) is 0.417. The first-order valence-corrected chi connectivity index (χ1v) is 4.98. The molecule has 0 fully saturated rings. The summed E-state index contributed by atoms with van der Waals surface area (Å²) in [5.74, 6) is 0. The molecule has 0 aliphatic carbocycles. The van der Waals surface area contributed by atoms with Crippen LogP contribution in [-0.2, 0) is 0 Å². The average Bonchev–Trinajstić information content (AvgIpc) is 1.86. The lowest BCUT2D eigenvalue weighted by atomic mass is 10.4. The van der Waals surface area contributed by atoms with E-state index >= 15 is 0 Å². The Morgan fingerprint density at radius 1 is 1.70 bits per heavy atom. The van der Waals surface area contributed by atoms with Crippen LogP contribution in [0.4, 0.5) is 0 Å². The molecule has 56 valence electrons. The van der Waals surface area contributed by atoms with Crippen LogP contribution in [0.15, 0.2) is 34.6 Å². The summed E-state index contributed by atoms with van der Waals surface area (Å²) in [4.78, 5) is 0. The summed E-state index contributed by atoms with van der Waals surface area (Å²) in [5, 5.41) is 0. The van der Waals surface area contributed by atoms with E-state index in [1.54, 1.807) is 18.0 Å². The Balaban J connectivity index is 4.03. The summed E-state index contributed by atoms with van der Waals surface area (Å²) < 4.78 is 4.05. The summed E-state index contributed by atoms with van der Waals surface area (Å²) in [6, 6.07) is 0.